The van der Waals surface area contributed by atoms with Crippen molar-refractivity contribution in [2.24, 2.45) is 0 Å². The average molecular weight is 996 g/mol. The molecular formula is C72H45N3OSi. The summed E-state index contributed by atoms with van der Waals surface area (Å²) in [6.07, 6.45) is 0. The van der Waals surface area contributed by atoms with Crippen molar-refractivity contribution in [2.75, 3.05) is 14.7 Å². The molecule has 1 aromatic heterocycles. The topological polar surface area (TPSA) is 22.9 Å². The predicted molar refractivity (Wildman–Crippen MR) is 325 cm³/mol. The molecule has 5 heteroatoms. The highest BCUT2D eigenvalue weighted by atomic mass is 28.3. The highest BCUT2D eigenvalue weighted by molar-refractivity contribution is 7.24. The Labute approximate surface area is 446 Å². The predicted octanol–water partition coefficient (Wildman–Crippen LogP) is 17.1. The van der Waals surface area contributed by atoms with Gasteiger partial charge in [-0.1, -0.05) is 176 Å². The van der Waals surface area contributed by atoms with E-state index in [-0.39, 0.29) is 0 Å². The number of furan rings is 1. The Balaban J connectivity index is 1.01. The molecule has 14 aromatic rings. The van der Waals surface area contributed by atoms with Crippen LogP contribution in [0.2, 0.25) is 0 Å². The van der Waals surface area contributed by atoms with Crippen molar-refractivity contribution in [3.63, 3.8) is 0 Å². The van der Waals surface area contributed by atoms with Crippen LogP contribution in [-0.4, -0.2) is 8.07 Å². The molecule has 358 valence electrons. The van der Waals surface area contributed by atoms with E-state index in [1.54, 1.807) is 0 Å². The molecule has 0 atom stereocenters. The first-order valence-electron chi connectivity index (χ1n) is 26.6. The van der Waals surface area contributed by atoms with Gasteiger partial charge >= 0.3 is 0 Å². The molecule has 3 aliphatic rings. The lowest BCUT2D eigenvalue weighted by Gasteiger charge is -2.55. The van der Waals surface area contributed by atoms with Gasteiger partial charge in [-0.25, -0.2) is 0 Å². The molecule has 0 bridgehead atoms. The summed E-state index contributed by atoms with van der Waals surface area (Å²) in [5.41, 5.74) is 17.3. The standard InChI is InChI=1S/C72H45N3OSi/c1-5-23-50(24-6-1)73-60-35-19-37-62-70(60)77(53-29-11-4-12-30-53)71-61(73)36-20-38-63(71)75(52-27-9-3-10-28-52)65-44-49(43-64(72(65)77)74(62)51-25-7-2-8-26-51)69-56-33-17-15-31-54(56)68(55-32-16-18-34-57(55)69)48-39-40-66-58(42-48)59-41-46-21-13-14-22-47(46)45-67(59)76-66/h1-45H. The Morgan fingerprint density at radius 3 is 1.14 bits per heavy atom. The molecule has 0 saturated carbocycles. The number of hydrogen-bond acceptors (Lipinski definition) is 4. The normalized spacial score (nSPS) is 13.7. The van der Waals surface area contributed by atoms with Crippen molar-refractivity contribution in [3.8, 4) is 22.3 Å². The number of anilines is 9. The Bertz CT molecular complexity index is 4590. The van der Waals surface area contributed by atoms with Crippen molar-refractivity contribution in [1.82, 2.24) is 0 Å². The van der Waals surface area contributed by atoms with Crippen LogP contribution in [0.4, 0.5) is 51.2 Å². The first-order chi connectivity index (χ1) is 38.2. The summed E-state index contributed by atoms with van der Waals surface area (Å²) in [5.74, 6) is 0. The quantitative estimate of drug-likeness (QED) is 0.122. The fraction of sp³-hybridized carbons (Fsp3) is 0. The Hall–Kier alpha value is -9.94. The van der Waals surface area contributed by atoms with E-state index in [4.69, 9.17) is 4.42 Å². The van der Waals surface area contributed by atoms with E-state index in [9.17, 15) is 0 Å². The van der Waals surface area contributed by atoms with Crippen LogP contribution in [0.3, 0.4) is 0 Å². The second-order valence-electron chi connectivity index (χ2n) is 20.7. The van der Waals surface area contributed by atoms with Crippen molar-refractivity contribution in [2.45, 2.75) is 0 Å². The molecule has 13 aromatic carbocycles. The minimum Gasteiger partial charge on any atom is -0.456 e. The lowest BCUT2D eigenvalue weighted by atomic mass is 9.85. The second kappa shape index (κ2) is 16.0. The molecule has 0 aliphatic carbocycles. The lowest BCUT2D eigenvalue weighted by Crippen LogP contribution is -2.81. The molecule has 4 nitrogen and oxygen atoms in total. The first-order valence-corrected chi connectivity index (χ1v) is 28.6. The van der Waals surface area contributed by atoms with Crippen molar-refractivity contribution >= 4 is 134 Å². The van der Waals surface area contributed by atoms with Gasteiger partial charge in [0.25, 0.3) is 0 Å². The molecular weight excluding hydrogens is 951 g/mol. The fourth-order valence-electron chi connectivity index (χ4n) is 13.9. The zero-order valence-electron chi connectivity index (χ0n) is 41.7. The average Bonchev–Trinajstić information content (AvgIpc) is 3.28. The minimum absolute atomic E-state index is 0.892. The molecule has 0 unspecified atom stereocenters. The number of benzene rings is 13. The number of fused-ring (bicyclic) bond motifs is 6. The van der Waals surface area contributed by atoms with Crippen LogP contribution in [0, 0.1) is 0 Å². The number of rotatable bonds is 6. The molecule has 0 N–H and O–H groups in total. The van der Waals surface area contributed by atoms with E-state index in [1.807, 2.05) is 0 Å². The highest BCUT2D eigenvalue weighted by Crippen LogP contribution is 2.55. The largest absolute Gasteiger partial charge is 0.456 e. The van der Waals surface area contributed by atoms with Crippen molar-refractivity contribution in [3.05, 3.63) is 273 Å². The van der Waals surface area contributed by atoms with E-state index in [0.29, 0.717) is 0 Å². The SMILES string of the molecule is c1ccc(N2c3cccc4c3[Si]3(c5ccccc5)c5c2cccc5N(c2ccccc2)c2cc(-c5c6ccccc6c(-c6ccc7oc8cc9ccccc9cc8c7c6)c6ccccc56)cc(c23)N4c2ccccc2)cc1. The molecule has 0 fully saturated rings. The highest BCUT2D eigenvalue weighted by Gasteiger charge is 2.59. The summed E-state index contributed by atoms with van der Waals surface area (Å²) < 4.78 is 6.57. The Morgan fingerprint density at radius 2 is 0.649 bits per heavy atom. The van der Waals surface area contributed by atoms with E-state index in [1.165, 1.54) is 104 Å². The Morgan fingerprint density at radius 1 is 0.260 bits per heavy atom. The van der Waals surface area contributed by atoms with Crippen LogP contribution in [0.15, 0.2) is 277 Å². The van der Waals surface area contributed by atoms with Gasteiger partial charge in [0.2, 0.25) is 0 Å². The smallest absolute Gasteiger partial charge is 0.194 e. The summed E-state index contributed by atoms with van der Waals surface area (Å²) in [6.45, 7) is 0. The maximum atomic E-state index is 6.57. The first kappa shape index (κ1) is 42.4. The molecule has 3 aliphatic heterocycles. The van der Waals surface area contributed by atoms with Crippen molar-refractivity contribution in [1.29, 1.82) is 0 Å². The zero-order valence-corrected chi connectivity index (χ0v) is 42.7. The third kappa shape index (κ3) is 5.81. The minimum atomic E-state index is -3.22. The summed E-state index contributed by atoms with van der Waals surface area (Å²) in [6, 6.07) is 102. The van der Waals surface area contributed by atoms with Crippen LogP contribution < -0.4 is 35.4 Å². The fourth-order valence-corrected chi connectivity index (χ4v) is 19.6. The third-order valence-corrected chi connectivity index (χ3v) is 21.8. The molecule has 77 heavy (non-hydrogen) atoms. The molecule has 17 rings (SSSR count). The van der Waals surface area contributed by atoms with Crippen LogP contribution in [0.5, 0.6) is 0 Å². The van der Waals surface area contributed by atoms with E-state index in [2.05, 4.69) is 288 Å². The van der Waals surface area contributed by atoms with Crippen LogP contribution in [0.25, 0.3) is 76.5 Å². The molecule has 0 saturated heterocycles. The molecule has 0 amide bonds. The Kier molecular flexibility index (Phi) is 8.83. The summed E-state index contributed by atoms with van der Waals surface area (Å²) in [4.78, 5) is 7.72. The van der Waals surface area contributed by atoms with Gasteiger partial charge < -0.3 is 19.1 Å². The van der Waals surface area contributed by atoms with Gasteiger partial charge in [0.1, 0.15) is 11.2 Å². The molecule has 0 spiro atoms. The number of para-hydroxylation sites is 3. The number of nitrogens with zero attached hydrogens (tertiary/aromatic N) is 3. The van der Waals surface area contributed by atoms with Gasteiger partial charge in [-0.15, -0.1) is 0 Å². The second-order valence-corrected chi connectivity index (χ2v) is 24.3. The van der Waals surface area contributed by atoms with E-state index < -0.39 is 8.07 Å². The third-order valence-electron chi connectivity index (χ3n) is 16.8. The summed E-state index contributed by atoms with van der Waals surface area (Å²) in [7, 11) is -3.22. The molecule has 0 radical (unpaired) electrons. The van der Waals surface area contributed by atoms with Gasteiger partial charge in [-0.3, -0.25) is 0 Å². The lowest BCUT2D eigenvalue weighted by molar-refractivity contribution is 0.669. The van der Waals surface area contributed by atoms with E-state index in [0.717, 1.165) is 44.6 Å². The maximum Gasteiger partial charge on any atom is 0.194 e. The summed E-state index contributed by atoms with van der Waals surface area (Å²) >= 11 is 0. The van der Waals surface area contributed by atoms with Gasteiger partial charge in [-0.2, -0.15) is 0 Å². The molecule has 4 heterocycles. The number of hydrogen-bond donors (Lipinski definition) is 0. The van der Waals surface area contributed by atoms with Gasteiger partial charge in [0.05, 0.1) is 0 Å². The monoisotopic (exact) mass is 995 g/mol. The van der Waals surface area contributed by atoms with Gasteiger partial charge in [-0.05, 0) is 157 Å². The maximum absolute atomic E-state index is 6.57. The van der Waals surface area contributed by atoms with Crippen LogP contribution in [0.1, 0.15) is 0 Å². The van der Waals surface area contributed by atoms with Crippen LogP contribution in [-0.2, 0) is 0 Å². The zero-order chi connectivity index (χ0) is 50.3. The van der Waals surface area contributed by atoms with Crippen molar-refractivity contribution < 1.29 is 4.42 Å². The van der Waals surface area contributed by atoms with Gasteiger partial charge in [0, 0.05) is 77.5 Å². The summed E-state index contributed by atoms with van der Waals surface area (Å²) in [5, 5.41) is 15.0. The van der Waals surface area contributed by atoms with Gasteiger partial charge in [0.15, 0.2) is 8.07 Å². The van der Waals surface area contributed by atoms with Crippen LogP contribution >= 0.6 is 0 Å². The van der Waals surface area contributed by atoms with E-state index >= 15 is 0 Å².